The van der Waals surface area contributed by atoms with Gasteiger partial charge in [0, 0.05) is 12.3 Å². The van der Waals surface area contributed by atoms with Crippen LogP contribution in [0.15, 0.2) is 52.5 Å². The number of aromatic nitrogens is 1. The summed E-state index contributed by atoms with van der Waals surface area (Å²) in [7, 11) is 0. The van der Waals surface area contributed by atoms with E-state index in [9.17, 15) is 31.5 Å². The Bertz CT molecular complexity index is 876. The van der Waals surface area contributed by atoms with Crippen LogP contribution in [0.1, 0.15) is 11.1 Å². The number of alkyl halides is 5. The van der Waals surface area contributed by atoms with Crippen molar-refractivity contribution in [1.29, 1.82) is 0 Å². The molecule has 27 heavy (non-hydrogen) atoms. The largest absolute Gasteiger partial charge is 0.435 e. The normalized spacial score (nSPS) is 11.8. The third-order valence-corrected chi connectivity index (χ3v) is 3.13. The number of pyridine rings is 1. The number of hydrazone groups is 1. The third kappa shape index (κ3) is 6.20. The van der Waals surface area contributed by atoms with Crippen molar-refractivity contribution in [2.24, 2.45) is 5.10 Å². The fourth-order valence-corrected chi connectivity index (χ4v) is 1.93. The van der Waals surface area contributed by atoms with E-state index >= 15 is 0 Å². The lowest BCUT2D eigenvalue weighted by Crippen LogP contribution is -2.30. The number of hydrogen-bond donors (Lipinski definition) is 1. The Morgan fingerprint density at radius 1 is 1.19 bits per heavy atom. The van der Waals surface area contributed by atoms with Crippen molar-refractivity contribution in [1.82, 2.24) is 9.99 Å². The van der Waals surface area contributed by atoms with Gasteiger partial charge in [0.25, 0.3) is 11.5 Å². The molecule has 0 aliphatic heterocycles. The predicted molar refractivity (Wildman–Crippen MR) is 84.5 cm³/mol. The SMILES string of the molecule is O=C(Cn1cc(C(F)(F)F)ccc1=O)N/N=C\c1ccc(OC(F)F)cc1. The van der Waals surface area contributed by atoms with Gasteiger partial charge in [-0.05, 0) is 35.9 Å². The Morgan fingerprint density at radius 2 is 1.85 bits per heavy atom. The van der Waals surface area contributed by atoms with Crippen LogP contribution in [0.25, 0.3) is 0 Å². The van der Waals surface area contributed by atoms with E-state index in [1.807, 2.05) is 0 Å². The van der Waals surface area contributed by atoms with Crippen LogP contribution < -0.4 is 15.7 Å². The Morgan fingerprint density at radius 3 is 2.44 bits per heavy atom. The smallest absolute Gasteiger partial charge is 0.417 e. The standard InChI is InChI=1S/C16H12F5N3O3/c17-15(18)27-12-4-1-10(2-5-12)7-22-23-13(25)9-24-8-11(16(19,20)21)3-6-14(24)26/h1-8,15H,9H2,(H,23,25)/b22-7-. The van der Waals surface area contributed by atoms with Gasteiger partial charge in [-0.15, -0.1) is 0 Å². The second-order valence-corrected chi connectivity index (χ2v) is 5.12. The first-order valence-electron chi connectivity index (χ1n) is 7.29. The Kier molecular flexibility index (Phi) is 6.27. The summed E-state index contributed by atoms with van der Waals surface area (Å²) >= 11 is 0. The third-order valence-electron chi connectivity index (χ3n) is 3.13. The molecule has 0 radical (unpaired) electrons. The summed E-state index contributed by atoms with van der Waals surface area (Å²) in [5, 5.41) is 3.58. The molecule has 0 aliphatic carbocycles. The van der Waals surface area contributed by atoms with Gasteiger partial charge in [0.15, 0.2) is 0 Å². The van der Waals surface area contributed by atoms with E-state index in [-0.39, 0.29) is 5.75 Å². The number of amides is 1. The van der Waals surface area contributed by atoms with Gasteiger partial charge in [-0.25, -0.2) is 5.43 Å². The lowest BCUT2D eigenvalue weighted by atomic mass is 10.2. The molecule has 6 nitrogen and oxygen atoms in total. The Hall–Kier alpha value is -3.24. The highest BCUT2D eigenvalue weighted by atomic mass is 19.4. The molecule has 2 aromatic rings. The summed E-state index contributed by atoms with van der Waals surface area (Å²) < 4.78 is 66.7. The molecule has 2 rings (SSSR count). The zero-order valence-electron chi connectivity index (χ0n) is 13.4. The number of carbonyl (C=O) groups is 1. The fourth-order valence-electron chi connectivity index (χ4n) is 1.93. The molecule has 11 heteroatoms. The van der Waals surface area contributed by atoms with Gasteiger partial charge >= 0.3 is 12.8 Å². The van der Waals surface area contributed by atoms with Crippen molar-refractivity contribution in [2.45, 2.75) is 19.3 Å². The lowest BCUT2D eigenvalue weighted by molar-refractivity contribution is -0.138. The number of halogens is 5. The maximum absolute atomic E-state index is 12.6. The summed E-state index contributed by atoms with van der Waals surface area (Å²) in [4.78, 5) is 23.3. The van der Waals surface area contributed by atoms with Crippen LogP contribution in [0.5, 0.6) is 5.75 Å². The van der Waals surface area contributed by atoms with Crippen molar-refractivity contribution in [3.63, 3.8) is 0 Å². The maximum atomic E-state index is 12.6. The molecule has 1 heterocycles. The van der Waals surface area contributed by atoms with Crippen molar-refractivity contribution in [3.05, 3.63) is 64.1 Å². The molecular weight excluding hydrogens is 377 g/mol. The molecule has 0 saturated carbocycles. The van der Waals surface area contributed by atoms with Crippen molar-refractivity contribution < 1.29 is 31.5 Å². The first kappa shape index (κ1) is 20.1. The minimum atomic E-state index is -4.65. The van der Waals surface area contributed by atoms with Gasteiger partial charge < -0.3 is 9.30 Å². The molecular formula is C16H12F5N3O3. The minimum Gasteiger partial charge on any atom is -0.435 e. The number of ether oxygens (including phenoxy) is 1. The summed E-state index contributed by atoms with van der Waals surface area (Å²) in [6.45, 7) is -3.62. The average Bonchev–Trinajstić information content (AvgIpc) is 2.57. The van der Waals surface area contributed by atoms with Crippen molar-refractivity contribution in [3.8, 4) is 5.75 Å². The fraction of sp³-hybridized carbons (Fsp3) is 0.188. The molecule has 0 aliphatic rings. The lowest BCUT2D eigenvalue weighted by Gasteiger charge is -2.09. The quantitative estimate of drug-likeness (QED) is 0.469. The first-order valence-corrected chi connectivity index (χ1v) is 7.29. The second-order valence-electron chi connectivity index (χ2n) is 5.12. The molecule has 1 amide bonds. The first-order chi connectivity index (χ1) is 12.6. The summed E-state index contributed by atoms with van der Waals surface area (Å²) in [5.41, 5.74) is 0.642. The highest BCUT2D eigenvalue weighted by molar-refractivity contribution is 5.82. The summed E-state index contributed by atoms with van der Waals surface area (Å²) in [6.07, 6.45) is -2.93. The van der Waals surface area contributed by atoms with E-state index in [2.05, 4.69) is 15.3 Å². The van der Waals surface area contributed by atoms with Crippen LogP contribution in [0.2, 0.25) is 0 Å². The summed E-state index contributed by atoms with van der Waals surface area (Å²) in [6, 6.07) is 6.64. The average molecular weight is 389 g/mol. The van der Waals surface area contributed by atoms with E-state index in [4.69, 9.17) is 0 Å². The molecule has 1 aromatic carbocycles. The number of nitrogens with one attached hydrogen (secondary N) is 1. The number of nitrogens with zero attached hydrogens (tertiary/aromatic N) is 2. The number of carbonyl (C=O) groups excluding carboxylic acids is 1. The highest BCUT2D eigenvalue weighted by Crippen LogP contribution is 2.27. The van der Waals surface area contributed by atoms with E-state index < -0.39 is 36.4 Å². The zero-order valence-corrected chi connectivity index (χ0v) is 13.4. The maximum Gasteiger partial charge on any atom is 0.417 e. The monoisotopic (exact) mass is 389 g/mol. The van der Waals surface area contributed by atoms with Crippen LogP contribution in [0.4, 0.5) is 22.0 Å². The summed E-state index contributed by atoms with van der Waals surface area (Å²) in [5.74, 6) is -0.888. The van der Waals surface area contributed by atoms with Gasteiger partial charge in [0.1, 0.15) is 12.3 Å². The van der Waals surface area contributed by atoms with Crippen LogP contribution in [0, 0.1) is 0 Å². The number of rotatable bonds is 6. The molecule has 0 unspecified atom stereocenters. The van der Waals surface area contributed by atoms with Crippen molar-refractivity contribution >= 4 is 12.1 Å². The molecule has 0 bridgehead atoms. The Labute approximate surface area is 148 Å². The minimum absolute atomic E-state index is 0.0601. The van der Waals surface area contributed by atoms with E-state index in [1.165, 1.54) is 30.5 Å². The topological polar surface area (TPSA) is 72.7 Å². The number of benzene rings is 1. The molecule has 0 fully saturated rings. The molecule has 0 atom stereocenters. The van der Waals surface area contributed by atoms with Crippen LogP contribution in [-0.2, 0) is 17.5 Å². The van der Waals surface area contributed by atoms with E-state index in [0.717, 1.165) is 0 Å². The van der Waals surface area contributed by atoms with E-state index in [1.54, 1.807) is 0 Å². The predicted octanol–water partition coefficient (Wildman–Crippen LogP) is 2.62. The van der Waals surface area contributed by atoms with Crippen LogP contribution >= 0.6 is 0 Å². The molecule has 0 saturated heterocycles. The van der Waals surface area contributed by atoms with Gasteiger partial charge in [0.2, 0.25) is 0 Å². The van der Waals surface area contributed by atoms with Crippen LogP contribution in [0.3, 0.4) is 0 Å². The van der Waals surface area contributed by atoms with Gasteiger partial charge in [0.05, 0.1) is 11.8 Å². The number of hydrogen-bond acceptors (Lipinski definition) is 4. The molecule has 144 valence electrons. The van der Waals surface area contributed by atoms with Crippen molar-refractivity contribution in [2.75, 3.05) is 0 Å². The van der Waals surface area contributed by atoms with Gasteiger partial charge in [-0.3, -0.25) is 9.59 Å². The zero-order chi connectivity index (χ0) is 20.0. The Balaban J connectivity index is 1.96. The van der Waals surface area contributed by atoms with Gasteiger partial charge in [-0.2, -0.15) is 27.1 Å². The second kappa shape index (κ2) is 8.43. The molecule has 1 N–H and O–H groups in total. The highest BCUT2D eigenvalue weighted by Gasteiger charge is 2.31. The molecule has 0 spiro atoms. The molecule has 1 aromatic heterocycles. The van der Waals surface area contributed by atoms with Gasteiger partial charge in [-0.1, -0.05) is 0 Å². The van der Waals surface area contributed by atoms with Crippen LogP contribution in [-0.4, -0.2) is 23.3 Å². The van der Waals surface area contributed by atoms with E-state index in [0.29, 0.717) is 28.5 Å².